The second-order valence-electron chi connectivity index (χ2n) is 6.91. The number of aliphatic imine (C=N–C) groups is 1. The first-order chi connectivity index (χ1) is 13.7. The van der Waals surface area contributed by atoms with E-state index in [2.05, 4.69) is 30.4 Å². The van der Waals surface area contributed by atoms with E-state index in [0.29, 0.717) is 19.0 Å². The number of benzene rings is 1. The third kappa shape index (κ3) is 5.37. The van der Waals surface area contributed by atoms with E-state index in [4.69, 9.17) is 9.47 Å². The van der Waals surface area contributed by atoms with Gasteiger partial charge in [-0.1, -0.05) is 12.5 Å². The molecule has 0 bridgehead atoms. The van der Waals surface area contributed by atoms with Crippen LogP contribution in [-0.2, 0) is 19.5 Å². The normalized spacial score (nSPS) is 15.3. The Hall–Kier alpha value is -2.77. The summed E-state index contributed by atoms with van der Waals surface area (Å²) in [6.07, 6.45) is 4.61. The number of hydrogen-bond donors (Lipinski definition) is 2. The number of methoxy groups -OCH3 is 1. The van der Waals surface area contributed by atoms with Gasteiger partial charge in [-0.3, -0.25) is 4.99 Å². The molecule has 152 valence electrons. The van der Waals surface area contributed by atoms with Gasteiger partial charge in [-0.2, -0.15) is 0 Å². The van der Waals surface area contributed by atoms with Crippen molar-refractivity contribution in [3.63, 3.8) is 0 Å². The summed E-state index contributed by atoms with van der Waals surface area (Å²) in [5, 5.41) is 15.3. The van der Waals surface area contributed by atoms with Crippen molar-refractivity contribution >= 4 is 5.96 Å². The van der Waals surface area contributed by atoms with Crippen LogP contribution in [0.15, 0.2) is 29.3 Å². The first-order valence-corrected chi connectivity index (χ1v) is 9.85. The van der Waals surface area contributed by atoms with E-state index < -0.39 is 0 Å². The van der Waals surface area contributed by atoms with Gasteiger partial charge in [-0.25, -0.2) is 0 Å². The molecule has 2 aromatic rings. The monoisotopic (exact) mass is 386 g/mol. The average Bonchev–Trinajstić information content (AvgIpc) is 2.94. The molecule has 8 heteroatoms. The van der Waals surface area contributed by atoms with Gasteiger partial charge in [0.2, 0.25) is 0 Å². The van der Waals surface area contributed by atoms with E-state index in [1.54, 1.807) is 14.2 Å². The molecule has 0 amide bonds. The summed E-state index contributed by atoms with van der Waals surface area (Å²) in [4.78, 5) is 4.29. The third-order valence-corrected chi connectivity index (χ3v) is 4.76. The fourth-order valence-electron chi connectivity index (χ4n) is 3.25. The number of nitrogens with zero attached hydrogens (tertiary/aromatic N) is 4. The Morgan fingerprint density at radius 2 is 2.07 bits per heavy atom. The first-order valence-electron chi connectivity index (χ1n) is 9.85. The molecule has 8 nitrogen and oxygen atoms in total. The van der Waals surface area contributed by atoms with Crippen molar-refractivity contribution in [1.29, 1.82) is 0 Å². The second-order valence-corrected chi connectivity index (χ2v) is 6.91. The van der Waals surface area contributed by atoms with Gasteiger partial charge in [0.25, 0.3) is 0 Å². The molecule has 1 aromatic heterocycles. The molecule has 1 unspecified atom stereocenters. The van der Waals surface area contributed by atoms with Gasteiger partial charge >= 0.3 is 0 Å². The van der Waals surface area contributed by atoms with E-state index >= 15 is 0 Å². The molecule has 1 atom stereocenters. The van der Waals surface area contributed by atoms with Crippen molar-refractivity contribution in [1.82, 2.24) is 25.4 Å². The van der Waals surface area contributed by atoms with Crippen molar-refractivity contribution in [2.24, 2.45) is 4.99 Å². The van der Waals surface area contributed by atoms with Crippen molar-refractivity contribution in [3.8, 4) is 11.5 Å². The van der Waals surface area contributed by atoms with Crippen LogP contribution < -0.4 is 20.1 Å². The van der Waals surface area contributed by atoms with E-state index in [0.717, 1.165) is 36.1 Å². The molecule has 0 saturated carbocycles. The zero-order valence-corrected chi connectivity index (χ0v) is 16.9. The largest absolute Gasteiger partial charge is 0.497 e. The van der Waals surface area contributed by atoms with Crippen molar-refractivity contribution in [3.05, 3.63) is 35.9 Å². The Morgan fingerprint density at radius 3 is 2.89 bits per heavy atom. The maximum absolute atomic E-state index is 5.94. The number of rotatable bonds is 7. The Bertz CT molecular complexity index is 789. The molecule has 2 heterocycles. The molecule has 2 N–H and O–H groups in total. The Labute approximate surface area is 166 Å². The lowest BCUT2D eigenvalue weighted by molar-refractivity contribution is 0.223. The number of nitrogens with one attached hydrogen (secondary N) is 2. The number of aryl methyl sites for hydroxylation is 1. The van der Waals surface area contributed by atoms with Gasteiger partial charge in [0.1, 0.15) is 23.4 Å². The fourth-order valence-corrected chi connectivity index (χ4v) is 3.25. The van der Waals surface area contributed by atoms with Gasteiger partial charge in [0, 0.05) is 26.1 Å². The summed E-state index contributed by atoms with van der Waals surface area (Å²) in [5.41, 5.74) is 0. The number of guanidine groups is 1. The lowest BCUT2D eigenvalue weighted by Crippen LogP contribution is -2.41. The molecular weight excluding hydrogens is 356 g/mol. The fraction of sp³-hybridized carbons (Fsp3) is 0.550. The van der Waals surface area contributed by atoms with Crippen molar-refractivity contribution in [2.45, 2.75) is 51.8 Å². The topological polar surface area (TPSA) is 85.6 Å². The summed E-state index contributed by atoms with van der Waals surface area (Å²) in [6.45, 7) is 4.22. The molecule has 1 aliphatic rings. The van der Waals surface area contributed by atoms with E-state index in [1.165, 1.54) is 19.3 Å². The zero-order valence-electron chi connectivity index (χ0n) is 16.9. The average molecular weight is 387 g/mol. The maximum Gasteiger partial charge on any atom is 0.191 e. The minimum absolute atomic E-state index is 0.0324. The van der Waals surface area contributed by atoms with Crippen LogP contribution in [0.25, 0.3) is 0 Å². The Balaban J connectivity index is 1.47. The summed E-state index contributed by atoms with van der Waals surface area (Å²) in [5.74, 6) is 4.33. The Kier molecular flexibility index (Phi) is 7.11. The minimum Gasteiger partial charge on any atom is -0.497 e. The molecular formula is C20H30N6O2. The molecule has 1 aliphatic heterocycles. The van der Waals surface area contributed by atoms with Gasteiger partial charge < -0.3 is 24.7 Å². The predicted molar refractivity (Wildman–Crippen MR) is 109 cm³/mol. The number of aromatic nitrogens is 3. The third-order valence-electron chi connectivity index (χ3n) is 4.76. The van der Waals surface area contributed by atoms with Crippen LogP contribution in [0.1, 0.15) is 37.8 Å². The molecule has 0 aliphatic carbocycles. The molecule has 0 spiro atoms. The SMILES string of the molecule is CN=C(NCc1nnc2n1CCCCC2)NCC(C)Oc1cccc(OC)c1. The quantitative estimate of drug-likeness (QED) is 0.560. The molecule has 1 aromatic carbocycles. The lowest BCUT2D eigenvalue weighted by Gasteiger charge is -2.18. The van der Waals surface area contributed by atoms with Gasteiger partial charge in [0.05, 0.1) is 20.2 Å². The molecule has 28 heavy (non-hydrogen) atoms. The summed E-state index contributed by atoms with van der Waals surface area (Å²) >= 11 is 0. The van der Waals surface area contributed by atoms with Crippen LogP contribution in [0, 0.1) is 0 Å². The minimum atomic E-state index is -0.0324. The lowest BCUT2D eigenvalue weighted by atomic mass is 10.2. The molecule has 0 saturated heterocycles. The van der Waals surface area contributed by atoms with E-state index in [9.17, 15) is 0 Å². The smallest absolute Gasteiger partial charge is 0.191 e. The van der Waals surface area contributed by atoms with Crippen LogP contribution in [0.4, 0.5) is 0 Å². The standard InChI is InChI=1S/C20H30N6O2/c1-15(28-17-9-7-8-16(12-17)27-3)13-22-20(21-2)23-14-19-25-24-18-10-5-4-6-11-26(18)19/h7-9,12,15H,4-6,10-11,13-14H2,1-3H3,(H2,21,22,23). The van der Waals surface area contributed by atoms with E-state index in [-0.39, 0.29) is 6.10 Å². The molecule has 3 rings (SSSR count). The van der Waals surface area contributed by atoms with Crippen LogP contribution in [0.5, 0.6) is 11.5 Å². The van der Waals surface area contributed by atoms with Crippen LogP contribution in [-0.4, -0.2) is 47.5 Å². The molecule has 0 fully saturated rings. The maximum atomic E-state index is 5.94. The van der Waals surface area contributed by atoms with Crippen molar-refractivity contribution < 1.29 is 9.47 Å². The highest BCUT2D eigenvalue weighted by molar-refractivity contribution is 5.79. The van der Waals surface area contributed by atoms with Gasteiger partial charge in [-0.15, -0.1) is 10.2 Å². The van der Waals surface area contributed by atoms with Crippen LogP contribution in [0.2, 0.25) is 0 Å². The highest BCUT2D eigenvalue weighted by Gasteiger charge is 2.15. The molecule has 0 radical (unpaired) electrons. The summed E-state index contributed by atoms with van der Waals surface area (Å²) in [7, 11) is 3.40. The summed E-state index contributed by atoms with van der Waals surface area (Å²) in [6, 6.07) is 7.60. The van der Waals surface area contributed by atoms with Crippen LogP contribution >= 0.6 is 0 Å². The number of hydrogen-bond acceptors (Lipinski definition) is 5. The predicted octanol–water partition coefficient (Wildman–Crippen LogP) is 2.15. The number of fused-ring (bicyclic) bond motifs is 1. The summed E-state index contributed by atoms with van der Waals surface area (Å²) < 4.78 is 13.4. The van der Waals surface area contributed by atoms with E-state index in [1.807, 2.05) is 31.2 Å². The van der Waals surface area contributed by atoms with Gasteiger partial charge in [0.15, 0.2) is 11.8 Å². The first kappa shape index (κ1) is 20.0. The van der Waals surface area contributed by atoms with Crippen LogP contribution in [0.3, 0.4) is 0 Å². The second kappa shape index (κ2) is 9.96. The number of ether oxygens (including phenoxy) is 2. The highest BCUT2D eigenvalue weighted by Crippen LogP contribution is 2.19. The zero-order chi connectivity index (χ0) is 19.8. The Morgan fingerprint density at radius 1 is 1.21 bits per heavy atom. The highest BCUT2D eigenvalue weighted by atomic mass is 16.5. The van der Waals surface area contributed by atoms with Crippen molar-refractivity contribution in [2.75, 3.05) is 20.7 Å². The van der Waals surface area contributed by atoms with Gasteiger partial charge in [-0.05, 0) is 31.9 Å².